The molecule has 0 aromatic rings. The van der Waals surface area contributed by atoms with Crippen LogP contribution in [0.2, 0.25) is 0 Å². The molecule has 2 heterocycles. The zero-order chi connectivity index (χ0) is 25.9. The van der Waals surface area contributed by atoms with Crippen molar-refractivity contribution in [2.75, 3.05) is 32.9 Å². The van der Waals surface area contributed by atoms with Gasteiger partial charge >= 0.3 is 0 Å². The Morgan fingerprint density at radius 1 is 1.16 bits per heavy atom. The summed E-state index contributed by atoms with van der Waals surface area (Å²) in [6.45, 7) is 13.1. The Kier molecular flexibility index (Phi) is 7.19. The number of rotatable bonds is 5. The summed E-state index contributed by atoms with van der Waals surface area (Å²) in [5, 5.41) is 19.4. The van der Waals surface area contributed by atoms with Crippen LogP contribution < -0.4 is 0 Å². The van der Waals surface area contributed by atoms with Crippen molar-refractivity contribution in [1.82, 2.24) is 4.90 Å². The molecule has 6 rings (SSSR count). The first-order valence-corrected chi connectivity index (χ1v) is 15.4. The average molecular weight is 514 g/mol. The standard InChI is InChI=1S/C32H51NO4/c1-20-15-29-30(33(19-20)11-13-36-14-12-34)22(3)32(37-29)10-8-25-26-6-5-23-16-24(35)7-9-31(23,4)28(26)17-27(25)21(2)18-32/h5,20,22,24-26,28-30,34-35H,6-19H2,1-4H3/t20-,22+,24-,25-,26-,28-,29+,30-,31-,32-/m0/s1. The predicted octanol–water partition coefficient (Wildman–Crippen LogP) is 5.11. The van der Waals surface area contributed by atoms with Gasteiger partial charge in [0.2, 0.25) is 0 Å². The van der Waals surface area contributed by atoms with Crippen LogP contribution >= 0.6 is 0 Å². The van der Waals surface area contributed by atoms with Crippen LogP contribution in [0.5, 0.6) is 0 Å². The molecule has 1 spiro atoms. The van der Waals surface area contributed by atoms with Crippen molar-refractivity contribution in [3.8, 4) is 0 Å². The molecule has 37 heavy (non-hydrogen) atoms. The molecule has 208 valence electrons. The van der Waals surface area contributed by atoms with Gasteiger partial charge in [-0.05, 0) is 93.8 Å². The summed E-state index contributed by atoms with van der Waals surface area (Å²) in [5.74, 6) is 3.39. The Labute approximate surface area is 224 Å². The van der Waals surface area contributed by atoms with Gasteiger partial charge < -0.3 is 19.7 Å². The Bertz CT molecular complexity index is 930. The summed E-state index contributed by atoms with van der Waals surface area (Å²) in [6, 6.07) is 0.477. The average Bonchev–Trinajstić information content (AvgIpc) is 3.32. The van der Waals surface area contributed by atoms with Gasteiger partial charge in [-0.2, -0.15) is 0 Å². The molecule has 10 atom stereocenters. The van der Waals surface area contributed by atoms with Crippen molar-refractivity contribution >= 4 is 0 Å². The maximum Gasteiger partial charge on any atom is 0.0765 e. The first-order valence-electron chi connectivity index (χ1n) is 15.4. The van der Waals surface area contributed by atoms with Gasteiger partial charge in [0, 0.05) is 25.0 Å². The molecular weight excluding hydrogens is 462 g/mol. The lowest BCUT2D eigenvalue weighted by molar-refractivity contribution is -0.0805. The molecule has 0 radical (unpaired) electrons. The smallest absolute Gasteiger partial charge is 0.0765 e. The molecule has 4 aliphatic carbocycles. The van der Waals surface area contributed by atoms with E-state index in [9.17, 15) is 5.11 Å². The third-order valence-electron chi connectivity index (χ3n) is 12.0. The summed E-state index contributed by atoms with van der Waals surface area (Å²) < 4.78 is 12.9. The Hall–Kier alpha value is -0.720. The summed E-state index contributed by atoms with van der Waals surface area (Å²) in [5.41, 5.74) is 5.24. The number of aliphatic hydroxyl groups is 2. The van der Waals surface area contributed by atoms with Crippen molar-refractivity contribution in [1.29, 1.82) is 0 Å². The van der Waals surface area contributed by atoms with Crippen LogP contribution in [0.1, 0.15) is 85.5 Å². The highest BCUT2D eigenvalue weighted by atomic mass is 16.5. The first-order chi connectivity index (χ1) is 17.8. The molecule has 6 aliphatic rings. The van der Waals surface area contributed by atoms with Crippen LogP contribution in [-0.2, 0) is 9.47 Å². The number of likely N-dealkylation sites (tertiary alicyclic amines) is 1. The monoisotopic (exact) mass is 513 g/mol. The second kappa shape index (κ2) is 10.0. The number of nitrogens with zero attached hydrogens (tertiary/aromatic N) is 1. The van der Waals surface area contributed by atoms with Crippen molar-refractivity contribution in [3.63, 3.8) is 0 Å². The Balaban J connectivity index is 1.22. The summed E-state index contributed by atoms with van der Waals surface area (Å²) >= 11 is 0. The minimum Gasteiger partial charge on any atom is -0.394 e. The SMILES string of the molecule is CC1=C2C[C@H]3[C@@H](CC=C4C[C@@H](O)CC[C@@]43C)[C@@H]2CC[C@@]2(C1)O[C@@H]1C[C@H](C)CN(CCOCCO)[C@H]1[C@H]2C. The molecule has 2 saturated heterocycles. The number of hydrogen-bond donors (Lipinski definition) is 2. The fraction of sp³-hybridized carbons (Fsp3) is 0.875. The van der Waals surface area contributed by atoms with E-state index in [1.165, 1.54) is 32.1 Å². The number of hydrogen-bond acceptors (Lipinski definition) is 5. The molecule has 0 aromatic carbocycles. The van der Waals surface area contributed by atoms with Crippen LogP contribution in [0.15, 0.2) is 22.8 Å². The highest BCUT2D eigenvalue weighted by molar-refractivity contribution is 5.34. The summed E-state index contributed by atoms with van der Waals surface area (Å²) in [6.07, 6.45) is 13.0. The largest absolute Gasteiger partial charge is 0.394 e. The maximum atomic E-state index is 10.3. The van der Waals surface area contributed by atoms with Crippen molar-refractivity contribution in [2.45, 2.75) is 109 Å². The third-order valence-corrected chi connectivity index (χ3v) is 12.0. The predicted molar refractivity (Wildman–Crippen MR) is 146 cm³/mol. The van der Waals surface area contributed by atoms with E-state index >= 15 is 0 Å². The quantitative estimate of drug-likeness (QED) is 0.395. The lowest BCUT2D eigenvalue weighted by Crippen LogP contribution is -2.52. The minimum absolute atomic E-state index is 0.0327. The fourth-order valence-corrected chi connectivity index (χ4v) is 10.2. The summed E-state index contributed by atoms with van der Waals surface area (Å²) in [4.78, 5) is 2.66. The lowest BCUT2D eigenvalue weighted by Gasteiger charge is -2.49. The van der Waals surface area contributed by atoms with Gasteiger partial charge in [-0.3, -0.25) is 4.90 Å². The molecule has 0 aromatic heterocycles. The Morgan fingerprint density at radius 3 is 2.81 bits per heavy atom. The van der Waals surface area contributed by atoms with Crippen LogP contribution in [0, 0.1) is 35.0 Å². The minimum atomic E-state index is -0.128. The summed E-state index contributed by atoms with van der Waals surface area (Å²) in [7, 11) is 0. The van der Waals surface area contributed by atoms with Crippen molar-refractivity contribution < 1.29 is 19.7 Å². The van der Waals surface area contributed by atoms with Gasteiger partial charge in [-0.15, -0.1) is 0 Å². The number of ether oxygens (including phenoxy) is 2. The fourth-order valence-electron chi connectivity index (χ4n) is 10.2. The van der Waals surface area contributed by atoms with E-state index < -0.39 is 0 Å². The van der Waals surface area contributed by atoms with E-state index in [-0.39, 0.29) is 18.3 Å². The van der Waals surface area contributed by atoms with Crippen LogP contribution in [0.3, 0.4) is 0 Å². The van der Waals surface area contributed by atoms with Gasteiger partial charge in [0.05, 0.1) is 37.6 Å². The van der Waals surface area contributed by atoms with Crippen LogP contribution in [0.4, 0.5) is 0 Å². The van der Waals surface area contributed by atoms with Crippen LogP contribution in [-0.4, -0.2) is 71.9 Å². The second-order valence-corrected chi connectivity index (χ2v) is 14.1. The molecular formula is C32H51NO4. The number of fused-ring (bicyclic) bond motifs is 6. The third kappa shape index (κ3) is 4.40. The molecule has 0 bridgehead atoms. The zero-order valence-corrected chi connectivity index (χ0v) is 23.8. The van der Waals surface area contributed by atoms with E-state index in [1.807, 2.05) is 0 Å². The maximum absolute atomic E-state index is 10.3. The molecule has 0 amide bonds. The number of aliphatic hydroxyl groups excluding tert-OH is 2. The Morgan fingerprint density at radius 2 is 2.00 bits per heavy atom. The highest BCUT2D eigenvalue weighted by Gasteiger charge is 2.59. The molecule has 4 fully saturated rings. The van der Waals surface area contributed by atoms with Crippen molar-refractivity contribution in [3.05, 3.63) is 22.8 Å². The number of piperidine rings is 1. The van der Waals surface area contributed by atoms with Gasteiger partial charge in [0.1, 0.15) is 0 Å². The molecule has 2 aliphatic heterocycles. The highest BCUT2D eigenvalue weighted by Crippen LogP contribution is 2.63. The molecule has 5 heteroatoms. The topological polar surface area (TPSA) is 62.2 Å². The van der Waals surface area contributed by atoms with Gasteiger partial charge in [-0.25, -0.2) is 0 Å². The number of allylic oxidation sites excluding steroid dienone is 2. The van der Waals surface area contributed by atoms with Gasteiger partial charge in [-0.1, -0.05) is 43.6 Å². The van der Waals surface area contributed by atoms with Gasteiger partial charge in [0.25, 0.3) is 0 Å². The molecule has 0 unspecified atom stereocenters. The van der Waals surface area contributed by atoms with E-state index in [1.54, 1.807) is 16.7 Å². The van der Waals surface area contributed by atoms with E-state index in [2.05, 4.69) is 38.7 Å². The lowest BCUT2D eigenvalue weighted by atomic mass is 9.56. The molecule has 2 saturated carbocycles. The van der Waals surface area contributed by atoms with Crippen molar-refractivity contribution in [2.24, 2.45) is 35.0 Å². The first kappa shape index (κ1) is 26.5. The molecule has 2 N–H and O–H groups in total. The normalized spacial score (nSPS) is 47.8. The van der Waals surface area contributed by atoms with E-state index in [0.29, 0.717) is 48.5 Å². The van der Waals surface area contributed by atoms with E-state index in [0.717, 1.165) is 50.6 Å². The second-order valence-electron chi connectivity index (χ2n) is 14.1. The van der Waals surface area contributed by atoms with E-state index in [4.69, 9.17) is 14.6 Å². The van der Waals surface area contributed by atoms with Crippen LogP contribution in [0.25, 0.3) is 0 Å². The van der Waals surface area contributed by atoms with Gasteiger partial charge in [0.15, 0.2) is 0 Å². The zero-order valence-electron chi connectivity index (χ0n) is 23.8. The molecule has 5 nitrogen and oxygen atoms in total.